The summed E-state index contributed by atoms with van der Waals surface area (Å²) in [7, 11) is -8.81. The minimum atomic E-state index is -4.44. The van der Waals surface area contributed by atoms with Gasteiger partial charge in [-0.25, -0.2) is 16.8 Å². The number of amidine groups is 2. The molecule has 55 heavy (non-hydrogen) atoms. The number of nitrogens with two attached hydrogens (primary N) is 2. The van der Waals surface area contributed by atoms with Crippen LogP contribution in [0.5, 0.6) is 34.5 Å². The van der Waals surface area contributed by atoms with E-state index in [1.807, 2.05) is 12.1 Å². The number of phenolic OH excluding ortho intramolecular Hbond substituents is 2. The molecule has 1 atom stereocenters. The number of hydrogen-bond acceptors (Lipinski definition) is 13. The van der Waals surface area contributed by atoms with Crippen LogP contribution in [0.4, 0.5) is 0 Å². The number of benzene rings is 3. The van der Waals surface area contributed by atoms with Gasteiger partial charge in [0.05, 0.1) is 31.4 Å². The molecular formula is C38H46N4O11S2-2. The molecule has 15 nitrogen and oxygen atoms in total. The van der Waals surface area contributed by atoms with Crippen molar-refractivity contribution in [3.05, 3.63) is 68.8 Å². The maximum Gasteiger partial charge on any atom is 0.182 e. The zero-order valence-corrected chi connectivity index (χ0v) is 33.2. The van der Waals surface area contributed by atoms with Crippen LogP contribution in [0, 0.1) is 13.8 Å². The molecule has 3 aromatic rings. The highest BCUT2D eigenvalue weighted by atomic mass is 32.2. The Labute approximate surface area is 320 Å². The minimum Gasteiger partial charge on any atom is -0.748 e. The Hall–Kier alpha value is -4.58. The van der Waals surface area contributed by atoms with Crippen LogP contribution in [0.1, 0.15) is 104 Å². The van der Waals surface area contributed by atoms with Crippen molar-refractivity contribution in [2.24, 2.45) is 21.6 Å². The van der Waals surface area contributed by atoms with Gasteiger partial charge < -0.3 is 45.1 Å². The van der Waals surface area contributed by atoms with Gasteiger partial charge in [0.1, 0.15) is 12.4 Å². The van der Waals surface area contributed by atoms with Gasteiger partial charge in [-0.3, -0.25) is 4.99 Å². The highest BCUT2D eigenvalue weighted by molar-refractivity contribution is 7.85. The van der Waals surface area contributed by atoms with Crippen molar-refractivity contribution in [2.75, 3.05) is 24.7 Å². The molecular weight excluding hydrogens is 753 g/mol. The van der Waals surface area contributed by atoms with E-state index in [1.54, 1.807) is 26.0 Å². The van der Waals surface area contributed by atoms with Gasteiger partial charge in [-0.2, -0.15) is 0 Å². The lowest BCUT2D eigenvalue weighted by Crippen LogP contribution is -2.27. The van der Waals surface area contributed by atoms with Crippen LogP contribution in [0.15, 0.2) is 34.4 Å². The molecule has 2 aliphatic carbocycles. The van der Waals surface area contributed by atoms with Gasteiger partial charge in [0.15, 0.2) is 40.3 Å². The van der Waals surface area contributed by atoms with Gasteiger partial charge in [0.25, 0.3) is 0 Å². The number of unbranched alkanes of at least 4 members (excludes halogenated alkanes) is 1. The molecule has 6 rings (SSSR count). The van der Waals surface area contributed by atoms with Crippen molar-refractivity contribution in [3.63, 3.8) is 0 Å². The number of phenols is 2. The van der Waals surface area contributed by atoms with Crippen LogP contribution in [0.3, 0.4) is 0 Å². The molecule has 0 aromatic heterocycles. The lowest BCUT2D eigenvalue weighted by molar-refractivity contribution is 0.145. The van der Waals surface area contributed by atoms with Gasteiger partial charge in [-0.1, -0.05) is 32.9 Å². The smallest absolute Gasteiger partial charge is 0.182 e. The Balaban J connectivity index is 1.46. The lowest BCUT2D eigenvalue weighted by atomic mass is 9.72. The first-order valence-electron chi connectivity index (χ1n) is 17.9. The molecule has 0 bridgehead atoms. The SMILES string of the molecule is Cc1c(C)c(/C(N)=N/OCCCS(=O)(=O)[O-])c2c(c1C(N)=NCCCCS(=O)(=O)[O-])Oc1cc3c(cc1O2)C1(CC(C)(C)c2cc(O)c(O)cc21)CC3(C)C. The normalized spacial score (nSPS) is 19.6. The fourth-order valence-corrected chi connectivity index (χ4v) is 9.63. The van der Waals surface area contributed by atoms with E-state index in [0.29, 0.717) is 53.0 Å². The van der Waals surface area contributed by atoms with Gasteiger partial charge >= 0.3 is 0 Å². The first-order chi connectivity index (χ1) is 25.5. The molecule has 0 saturated carbocycles. The molecule has 3 aliphatic rings. The van der Waals surface area contributed by atoms with E-state index in [1.165, 1.54) is 0 Å². The maximum absolute atomic E-state index is 11.1. The highest BCUT2D eigenvalue weighted by Crippen LogP contribution is 2.65. The molecule has 0 radical (unpaired) electrons. The van der Waals surface area contributed by atoms with Gasteiger partial charge in [-0.05, 0) is 114 Å². The average molecular weight is 799 g/mol. The summed E-state index contributed by atoms with van der Waals surface area (Å²) in [6.45, 7) is 12.1. The molecule has 0 amide bonds. The summed E-state index contributed by atoms with van der Waals surface area (Å²) in [4.78, 5) is 9.79. The predicted octanol–water partition coefficient (Wildman–Crippen LogP) is 4.86. The van der Waals surface area contributed by atoms with Crippen LogP contribution in [-0.2, 0) is 41.3 Å². The summed E-state index contributed by atoms with van der Waals surface area (Å²) in [5.41, 5.74) is 17.7. The third-order valence-electron chi connectivity index (χ3n) is 11.0. The molecule has 6 N–H and O–H groups in total. The molecule has 3 aromatic carbocycles. The Morgan fingerprint density at radius 1 is 0.745 bits per heavy atom. The third kappa shape index (κ3) is 7.54. The second-order valence-corrected chi connectivity index (χ2v) is 19.0. The summed E-state index contributed by atoms with van der Waals surface area (Å²) in [6, 6.07) is 7.22. The first-order valence-corrected chi connectivity index (χ1v) is 21.0. The molecule has 1 spiro atoms. The Morgan fingerprint density at radius 2 is 1.20 bits per heavy atom. The standard InChI is InChI=1S/C38H48N4O11S2/c1-20-21(2)31(35(40)42-51-11-9-13-55(48,49)50)33-32(30(20)34(39)41-10-7-8-12-54(45,46)47)52-28-16-23-25(17-29(28)53-33)38(19-37(23,5)6)18-36(3,4)22-14-26(43)27(44)15-24(22)38/h14-17,43-44H,7-13,18-19H2,1-6H3,(H2,39,41)(H2,40,42)(H,45,46,47)(H,48,49,50)/p-2. The molecule has 17 heteroatoms. The van der Waals surface area contributed by atoms with E-state index in [0.717, 1.165) is 22.3 Å². The largest absolute Gasteiger partial charge is 0.748 e. The molecule has 1 aliphatic heterocycles. The molecule has 298 valence electrons. The lowest BCUT2D eigenvalue weighted by Gasteiger charge is -2.31. The summed E-state index contributed by atoms with van der Waals surface area (Å²) < 4.78 is 79.8. The summed E-state index contributed by atoms with van der Waals surface area (Å²) >= 11 is 0. The van der Waals surface area contributed by atoms with Gasteiger partial charge in [0.2, 0.25) is 0 Å². The van der Waals surface area contributed by atoms with E-state index in [-0.39, 0.29) is 71.5 Å². The second-order valence-electron chi connectivity index (χ2n) is 16.0. The zero-order chi connectivity index (χ0) is 40.5. The van der Waals surface area contributed by atoms with Crippen molar-refractivity contribution in [1.29, 1.82) is 0 Å². The second kappa shape index (κ2) is 13.9. The van der Waals surface area contributed by atoms with Crippen LogP contribution >= 0.6 is 0 Å². The number of aromatic hydroxyl groups is 2. The van der Waals surface area contributed by atoms with Crippen LogP contribution in [0.25, 0.3) is 0 Å². The Morgan fingerprint density at radius 3 is 1.75 bits per heavy atom. The van der Waals surface area contributed by atoms with E-state index >= 15 is 0 Å². The molecule has 0 saturated heterocycles. The summed E-state index contributed by atoms with van der Waals surface area (Å²) in [6.07, 6.45) is 1.73. The summed E-state index contributed by atoms with van der Waals surface area (Å²) in [5.74, 6) is -0.418. The number of oxime groups is 1. The van der Waals surface area contributed by atoms with E-state index in [2.05, 4.69) is 37.8 Å². The minimum absolute atomic E-state index is 0.0827. The molecule has 0 fully saturated rings. The molecule has 1 heterocycles. The average Bonchev–Trinajstić information content (AvgIpc) is 3.40. The van der Waals surface area contributed by atoms with Crippen molar-refractivity contribution in [2.45, 2.75) is 89.9 Å². The fraction of sp³-hybridized carbons (Fsp3) is 0.474. The van der Waals surface area contributed by atoms with Crippen LogP contribution in [-0.4, -0.2) is 72.5 Å². The first kappa shape index (κ1) is 40.1. The number of ether oxygens (including phenoxy) is 2. The van der Waals surface area contributed by atoms with Gasteiger partial charge in [0, 0.05) is 23.5 Å². The number of nitrogens with zero attached hydrogens (tertiary/aromatic N) is 2. The van der Waals surface area contributed by atoms with Crippen LogP contribution in [0.2, 0.25) is 0 Å². The monoisotopic (exact) mass is 798 g/mol. The van der Waals surface area contributed by atoms with Crippen molar-refractivity contribution in [3.8, 4) is 34.5 Å². The number of hydrogen-bond donors (Lipinski definition) is 4. The number of rotatable bonds is 12. The van der Waals surface area contributed by atoms with Crippen LogP contribution < -0.4 is 20.9 Å². The molecule has 1 unspecified atom stereocenters. The van der Waals surface area contributed by atoms with E-state index < -0.39 is 37.2 Å². The fourth-order valence-electron chi connectivity index (χ4n) is 8.60. The quantitative estimate of drug-likeness (QED) is 0.0373. The van der Waals surface area contributed by atoms with Crippen molar-refractivity contribution < 1.29 is 50.5 Å². The van der Waals surface area contributed by atoms with Gasteiger partial charge in [-0.15, -0.1) is 0 Å². The van der Waals surface area contributed by atoms with E-state index in [4.69, 9.17) is 25.8 Å². The predicted molar refractivity (Wildman–Crippen MR) is 204 cm³/mol. The highest BCUT2D eigenvalue weighted by Gasteiger charge is 2.57. The van der Waals surface area contributed by atoms with Crippen molar-refractivity contribution in [1.82, 2.24) is 0 Å². The maximum atomic E-state index is 11.1. The topological polar surface area (TPSA) is 259 Å². The van der Waals surface area contributed by atoms with E-state index in [9.17, 15) is 36.2 Å². The number of aliphatic imine (C=N–C) groups is 1. The Kier molecular flexibility index (Phi) is 10.1. The Bertz CT molecular complexity index is 2370. The third-order valence-corrected chi connectivity index (χ3v) is 12.5. The van der Waals surface area contributed by atoms with Crippen molar-refractivity contribution >= 4 is 31.9 Å². The summed E-state index contributed by atoms with van der Waals surface area (Å²) in [5, 5.41) is 25.2. The number of fused-ring (bicyclic) bond motifs is 6. The zero-order valence-electron chi connectivity index (χ0n) is 31.6.